The van der Waals surface area contributed by atoms with Gasteiger partial charge in [0.25, 0.3) is 0 Å². The second kappa shape index (κ2) is 6.91. The molecular formula is C17H23N5O. The molecule has 1 saturated heterocycles. The van der Waals surface area contributed by atoms with Crippen molar-refractivity contribution >= 4 is 11.8 Å². The first-order valence-electron chi connectivity index (χ1n) is 7.88. The highest BCUT2D eigenvalue weighted by Crippen LogP contribution is 2.23. The summed E-state index contributed by atoms with van der Waals surface area (Å²) < 4.78 is 5.69. The lowest BCUT2D eigenvalue weighted by Gasteiger charge is -2.21. The summed E-state index contributed by atoms with van der Waals surface area (Å²) in [6, 6.07) is 6.37. The highest BCUT2D eigenvalue weighted by Gasteiger charge is 2.28. The van der Waals surface area contributed by atoms with Crippen LogP contribution in [-0.4, -0.2) is 48.3 Å². The summed E-state index contributed by atoms with van der Waals surface area (Å²) in [5, 5.41) is 3.53. The number of aryl methyl sites for hydroxylation is 1. The molecule has 6 nitrogen and oxygen atoms in total. The molecule has 23 heavy (non-hydrogen) atoms. The molecule has 6 heteroatoms. The van der Waals surface area contributed by atoms with Gasteiger partial charge in [0, 0.05) is 44.2 Å². The minimum Gasteiger partial charge on any atom is -0.379 e. The van der Waals surface area contributed by atoms with E-state index in [9.17, 15) is 0 Å². The van der Waals surface area contributed by atoms with E-state index in [2.05, 4.69) is 32.4 Å². The van der Waals surface area contributed by atoms with Gasteiger partial charge in [-0.15, -0.1) is 0 Å². The quantitative estimate of drug-likeness (QED) is 0.910. The molecule has 2 atom stereocenters. The summed E-state index contributed by atoms with van der Waals surface area (Å²) in [6.45, 7) is 3.46. The number of pyridine rings is 1. The Balaban J connectivity index is 1.71. The molecule has 1 aliphatic heterocycles. The lowest BCUT2D eigenvalue weighted by molar-refractivity contribution is 0.185. The highest BCUT2D eigenvalue weighted by atomic mass is 16.5. The fourth-order valence-electron chi connectivity index (χ4n) is 2.80. The average Bonchev–Trinajstić information content (AvgIpc) is 2.94. The summed E-state index contributed by atoms with van der Waals surface area (Å²) in [7, 11) is 3.90. The van der Waals surface area contributed by atoms with E-state index >= 15 is 0 Å². The zero-order valence-electron chi connectivity index (χ0n) is 13.9. The molecule has 122 valence electrons. The SMILES string of the molecule is Cc1cc(NC2COCC2Cc2ccncc2)nc(N(C)C)n1. The van der Waals surface area contributed by atoms with Gasteiger partial charge in [-0.1, -0.05) is 0 Å². The fourth-order valence-corrected chi connectivity index (χ4v) is 2.80. The maximum Gasteiger partial charge on any atom is 0.226 e. The predicted octanol–water partition coefficient (Wildman–Crippen LogP) is 1.92. The molecule has 0 aliphatic carbocycles. The second-order valence-corrected chi connectivity index (χ2v) is 6.20. The van der Waals surface area contributed by atoms with Crippen LogP contribution in [0.15, 0.2) is 30.6 Å². The van der Waals surface area contributed by atoms with E-state index < -0.39 is 0 Å². The van der Waals surface area contributed by atoms with Gasteiger partial charge in [-0.25, -0.2) is 4.98 Å². The molecule has 2 aromatic heterocycles. The van der Waals surface area contributed by atoms with Crippen LogP contribution in [0.2, 0.25) is 0 Å². The third-order valence-electron chi connectivity index (χ3n) is 4.02. The van der Waals surface area contributed by atoms with Crippen molar-refractivity contribution in [3.05, 3.63) is 41.9 Å². The Morgan fingerprint density at radius 3 is 2.74 bits per heavy atom. The van der Waals surface area contributed by atoms with Crippen LogP contribution in [0.5, 0.6) is 0 Å². The lowest BCUT2D eigenvalue weighted by Crippen LogP contribution is -2.30. The molecule has 1 aliphatic rings. The van der Waals surface area contributed by atoms with Gasteiger partial charge in [-0.05, 0) is 31.0 Å². The Bertz CT molecular complexity index is 647. The number of nitrogens with one attached hydrogen (secondary N) is 1. The zero-order valence-corrected chi connectivity index (χ0v) is 13.9. The van der Waals surface area contributed by atoms with Crippen LogP contribution in [0.1, 0.15) is 11.3 Å². The number of aromatic nitrogens is 3. The summed E-state index contributed by atoms with van der Waals surface area (Å²) in [5.74, 6) is 2.00. The molecule has 0 aromatic carbocycles. The molecule has 3 rings (SSSR count). The number of hydrogen-bond acceptors (Lipinski definition) is 6. The van der Waals surface area contributed by atoms with E-state index in [4.69, 9.17) is 4.74 Å². The van der Waals surface area contributed by atoms with Crippen molar-refractivity contribution in [2.75, 3.05) is 37.5 Å². The van der Waals surface area contributed by atoms with E-state index in [0.717, 1.165) is 30.5 Å². The van der Waals surface area contributed by atoms with Gasteiger partial charge in [0.1, 0.15) is 5.82 Å². The van der Waals surface area contributed by atoms with Gasteiger partial charge < -0.3 is 15.0 Å². The Kier molecular flexibility index (Phi) is 4.71. The van der Waals surface area contributed by atoms with Crippen LogP contribution >= 0.6 is 0 Å². The smallest absolute Gasteiger partial charge is 0.226 e. The van der Waals surface area contributed by atoms with Crippen molar-refractivity contribution in [1.29, 1.82) is 0 Å². The summed E-state index contributed by atoms with van der Waals surface area (Å²) >= 11 is 0. The molecule has 0 bridgehead atoms. The number of rotatable bonds is 5. The number of ether oxygens (including phenoxy) is 1. The van der Waals surface area contributed by atoms with Gasteiger partial charge in [-0.2, -0.15) is 4.98 Å². The summed E-state index contributed by atoms with van der Waals surface area (Å²) in [4.78, 5) is 15.0. The van der Waals surface area contributed by atoms with Crippen LogP contribution in [-0.2, 0) is 11.2 Å². The molecule has 1 N–H and O–H groups in total. The third-order valence-corrected chi connectivity index (χ3v) is 4.02. The van der Waals surface area contributed by atoms with Crippen LogP contribution in [0, 0.1) is 12.8 Å². The minimum atomic E-state index is 0.257. The normalized spacial score (nSPS) is 20.5. The predicted molar refractivity (Wildman–Crippen MR) is 90.8 cm³/mol. The highest BCUT2D eigenvalue weighted by molar-refractivity contribution is 5.44. The first kappa shape index (κ1) is 15.7. The van der Waals surface area contributed by atoms with Crippen molar-refractivity contribution in [3.63, 3.8) is 0 Å². The summed E-state index contributed by atoms with van der Waals surface area (Å²) in [5.41, 5.74) is 2.24. The fraction of sp³-hybridized carbons (Fsp3) is 0.471. The van der Waals surface area contributed by atoms with Crippen molar-refractivity contribution in [3.8, 4) is 0 Å². The topological polar surface area (TPSA) is 63.2 Å². The van der Waals surface area contributed by atoms with E-state index in [0.29, 0.717) is 12.5 Å². The first-order chi connectivity index (χ1) is 11.1. The molecule has 0 amide bonds. The van der Waals surface area contributed by atoms with Crippen molar-refractivity contribution in [1.82, 2.24) is 15.0 Å². The number of hydrogen-bond donors (Lipinski definition) is 1. The maximum absolute atomic E-state index is 5.69. The Labute approximate surface area is 136 Å². The Morgan fingerprint density at radius 2 is 2.00 bits per heavy atom. The van der Waals surface area contributed by atoms with Gasteiger partial charge in [0.2, 0.25) is 5.95 Å². The minimum absolute atomic E-state index is 0.257. The van der Waals surface area contributed by atoms with Crippen LogP contribution in [0.4, 0.5) is 11.8 Å². The maximum atomic E-state index is 5.69. The van der Waals surface area contributed by atoms with Gasteiger partial charge >= 0.3 is 0 Å². The van der Waals surface area contributed by atoms with E-state index in [1.54, 1.807) is 0 Å². The Morgan fingerprint density at radius 1 is 1.22 bits per heavy atom. The van der Waals surface area contributed by atoms with Crippen molar-refractivity contribution in [2.24, 2.45) is 5.92 Å². The van der Waals surface area contributed by atoms with E-state index in [1.165, 1.54) is 5.56 Å². The average molecular weight is 313 g/mol. The van der Waals surface area contributed by atoms with Gasteiger partial charge in [-0.3, -0.25) is 4.98 Å². The monoisotopic (exact) mass is 313 g/mol. The molecule has 2 unspecified atom stereocenters. The first-order valence-corrected chi connectivity index (χ1v) is 7.88. The third kappa shape index (κ3) is 3.96. The van der Waals surface area contributed by atoms with Crippen LogP contribution in [0.3, 0.4) is 0 Å². The van der Waals surface area contributed by atoms with Crippen LogP contribution in [0.25, 0.3) is 0 Å². The lowest BCUT2D eigenvalue weighted by atomic mass is 9.95. The van der Waals surface area contributed by atoms with E-state index in [-0.39, 0.29) is 6.04 Å². The molecule has 0 spiro atoms. The second-order valence-electron chi connectivity index (χ2n) is 6.20. The van der Waals surface area contributed by atoms with Gasteiger partial charge in [0.15, 0.2) is 0 Å². The van der Waals surface area contributed by atoms with Crippen LogP contribution < -0.4 is 10.2 Å². The standard InChI is InChI=1S/C17H23N5O/c1-12-8-16(21-17(19-12)22(2)3)20-15-11-23-10-14(15)9-13-4-6-18-7-5-13/h4-8,14-15H,9-11H2,1-3H3,(H,19,20,21). The Hall–Kier alpha value is -2.21. The molecule has 2 aromatic rings. The molecular weight excluding hydrogens is 290 g/mol. The number of nitrogens with zero attached hydrogens (tertiary/aromatic N) is 4. The van der Waals surface area contributed by atoms with Crippen molar-refractivity contribution in [2.45, 2.75) is 19.4 Å². The summed E-state index contributed by atoms with van der Waals surface area (Å²) in [6.07, 6.45) is 4.65. The zero-order chi connectivity index (χ0) is 16.2. The molecule has 0 radical (unpaired) electrons. The molecule has 3 heterocycles. The number of anilines is 2. The van der Waals surface area contributed by atoms with E-state index in [1.807, 2.05) is 44.4 Å². The van der Waals surface area contributed by atoms with Gasteiger partial charge in [0.05, 0.1) is 19.3 Å². The molecule has 1 fully saturated rings. The largest absolute Gasteiger partial charge is 0.379 e. The van der Waals surface area contributed by atoms with Crippen molar-refractivity contribution < 1.29 is 4.74 Å². The molecule has 0 saturated carbocycles.